The molecule has 1 aliphatic rings. The summed E-state index contributed by atoms with van der Waals surface area (Å²) in [6, 6.07) is 8.27. The van der Waals surface area contributed by atoms with Gasteiger partial charge in [0.2, 0.25) is 5.91 Å². The van der Waals surface area contributed by atoms with Crippen LogP contribution in [-0.4, -0.2) is 33.8 Å². The van der Waals surface area contributed by atoms with E-state index in [4.69, 9.17) is 4.74 Å². The summed E-state index contributed by atoms with van der Waals surface area (Å²) in [5.74, 6) is 1.01. The number of imidazole rings is 1. The Morgan fingerprint density at radius 1 is 1.27 bits per heavy atom. The van der Waals surface area contributed by atoms with Crippen molar-refractivity contribution in [1.82, 2.24) is 14.3 Å². The largest absolute Gasteiger partial charge is 0.497 e. The number of aromatic nitrogens is 2. The molecular formula is C20H23N3O2S. The van der Waals surface area contributed by atoms with Gasteiger partial charge in [0.05, 0.1) is 25.3 Å². The maximum Gasteiger partial charge on any atom is 0.229 e. The van der Waals surface area contributed by atoms with Crippen LogP contribution >= 0.6 is 11.3 Å². The van der Waals surface area contributed by atoms with E-state index in [1.807, 2.05) is 34.3 Å². The molecule has 1 aromatic carbocycles. The fourth-order valence-corrected chi connectivity index (χ4v) is 4.42. The number of hydrogen-bond donors (Lipinski definition) is 0. The maximum atomic E-state index is 13.1. The van der Waals surface area contributed by atoms with E-state index in [1.54, 1.807) is 18.4 Å². The van der Waals surface area contributed by atoms with Crippen LogP contribution in [-0.2, 0) is 11.2 Å². The van der Waals surface area contributed by atoms with Gasteiger partial charge in [-0.05, 0) is 30.5 Å². The normalized spacial score (nSPS) is 18.0. The lowest BCUT2D eigenvalue weighted by Gasteiger charge is -2.30. The molecule has 3 heterocycles. The molecule has 0 unspecified atom stereocenters. The van der Waals surface area contributed by atoms with Crippen molar-refractivity contribution in [1.29, 1.82) is 0 Å². The number of methoxy groups -OCH3 is 1. The topological polar surface area (TPSA) is 46.8 Å². The Bertz CT molecular complexity index is 855. The molecule has 0 spiro atoms. The molecule has 26 heavy (non-hydrogen) atoms. The first kappa shape index (κ1) is 17.1. The summed E-state index contributed by atoms with van der Waals surface area (Å²) in [6.45, 7) is 0.817. The monoisotopic (exact) mass is 369 g/mol. The number of benzene rings is 1. The Kier molecular flexibility index (Phi) is 4.93. The standard InChI is InChI=1S/C20H23N3O2S/c1-25-17-8-6-15(7-9-17)18-5-3-2-4-10-23(18)19(24)13-16-14-22-11-12-26-20(22)21-16/h6-9,11-12,14,18H,2-5,10,13H2,1H3/t18-/m1/s1. The number of carbonyl (C=O) groups excluding carboxylic acids is 1. The minimum absolute atomic E-state index is 0.139. The number of rotatable bonds is 4. The van der Waals surface area contributed by atoms with Gasteiger partial charge in [-0.3, -0.25) is 9.20 Å². The van der Waals surface area contributed by atoms with Crippen molar-refractivity contribution in [2.75, 3.05) is 13.7 Å². The van der Waals surface area contributed by atoms with Crippen molar-refractivity contribution in [2.45, 2.75) is 38.1 Å². The van der Waals surface area contributed by atoms with Crippen LogP contribution < -0.4 is 4.74 Å². The smallest absolute Gasteiger partial charge is 0.229 e. The van der Waals surface area contributed by atoms with E-state index in [9.17, 15) is 4.79 Å². The molecule has 6 heteroatoms. The number of hydrogen-bond acceptors (Lipinski definition) is 4. The van der Waals surface area contributed by atoms with Crippen molar-refractivity contribution in [3.05, 3.63) is 53.3 Å². The molecule has 4 rings (SSSR count). The lowest BCUT2D eigenvalue weighted by Crippen LogP contribution is -2.36. The van der Waals surface area contributed by atoms with Crippen LogP contribution in [0.2, 0.25) is 0 Å². The van der Waals surface area contributed by atoms with Gasteiger partial charge in [-0.2, -0.15) is 0 Å². The third-order valence-electron chi connectivity index (χ3n) is 5.05. The van der Waals surface area contributed by atoms with Crippen LogP contribution in [0, 0.1) is 0 Å². The van der Waals surface area contributed by atoms with Gasteiger partial charge in [-0.1, -0.05) is 25.0 Å². The number of carbonyl (C=O) groups is 1. The van der Waals surface area contributed by atoms with Crippen LogP contribution in [0.3, 0.4) is 0 Å². The summed E-state index contributed by atoms with van der Waals surface area (Å²) in [4.78, 5) is 20.6. The van der Waals surface area contributed by atoms with E-state index in [-0.39, 0.29) is 11.9 Å². The van der Waals surface area contributed by atoms with Crippen LogP contribution in [0.15, 0.2) is 42.0 Å². The predicted octanol–water partition coefficient (Wildman–Crippen LogP) is 4.09. The minimum Gasteiger partial charge on any atom is -0.497 e. The van der Waals surface area contributed by atoms with E-state index in [0.29, 0.717) is 6.42 Å². The molecule has 1 aliphatic heterocycles. The lowest BCUT2D eigenvalue weighted by molar-refractivity contribution is -0.133. The average Bonchev–Trinajstić information content (AvgIpc) is 3.14. The summed E-state index contributed by atoms with van der Waals surface area (Å²) < 4.78 is 7.25. The fourth-order valence-electron chi connectivity index (χ4n) is 3.70. The first-order chi connectivity index (χ1) is 12.7. The summed E-state index contributed by atoms with van der Waals surface area (Å²) in [5.41, 5.74) is 2.03. The van der Waals surface area contributed by atoms with E-state index in [0.717, 1.165) is 42.2 Å². The highest BCUT2D eigenvalue weighted by atomic mass is 32.1. The SMILES string of the molecule is COc1ccc([C@H]2CCCCCN2C(=O)Cc2cn3ccsc3n2)cc1. The third kappa shape index (κ3) is 3.46. The Labute approximate surface area is 157 Å². The zero-order valence-electron chi connectivity index (χ0n) is 14.9. The van der Waals surface area contributed by atoms with E-state index in [1.165, 1.54) is 12.0 Å². The summed E-state index contributed by atoms with van der Waals surface area (Å²) in [5, 5.41) is 2.00. The third-order valence-corrected chi connectivity index (χ3v) is 5.82. The number of ether oxygens (including phenoxy) is 1. The Morgan fingerprint density at radius 2 is 2.12 bits per heavy atom. The second kappa shape index (κ2) is 7.50. The molecule has 1 fully saturated rings. The van der Waals surface area contributed by atoms with Gasteiger partial charge in [0.1, 0.15) is 5.75 Å². The molecule has 0 bridgehead atoms. The van der Waals surface area contributed by atoms with Crippen LogP contribution in [0.5, 0.6) is 5.75 Å². The lowest BCUT2D eigenvalue weighted by atomic mass is 10.00. The second-order valence-electron chi connectivity index (χ2n) is 6.73. The van der Waals surface area contributed by atoms with E-state index >= 15 is 0 Å². The fraction of sp³-hybridized carbons (Fsp3) is 0.400. The van der Waals surface area contributed by atoms with Gasteiger partial charge in [-0.25, -0.2) is 4.98 Å². The summed E-state index contributed by atoms with van der Waals surface area (Å²) in [7, 11) is 1.67. The van der Waals surface area contributed by atoms with Crippen molar-refractivity contribution in [3.63, 3.8) is 0 Å². The van der Waals surface area contributed by atoms with Gasteiger partial charge in [0.15, 0.2) is 4.96 Å². The zero-order chi connectivity index (χ0) is 17.9. The summed E-state index contributed by atoms with van der Waals surface area (Å²) >= 11 is 1.59. The summed E-state index contributed by atoms with van der Waals surface area (Å²) in [6.07, 6.45) is 8.71. The first-order valence-electron chi connectivity index (χ1n) is 9.09. The number of amides is 1. The zero-order valence-corrected chi connectivity index (χ0v) is 15.7. The molecule has 0 N–H and O–H groups in total. The molecule has 1 amide bonds. The number of nitrogens with zero attached hydrogens (tertiary/aromatic N) is 3. The van der Waals surface area contributed by atoms with Crippen molar-refractivity contribution < 1.29 is 9.53 Å². The van der Waals surface area contributed by atoms with Crippen molar-refractivity contribution in [2.24, 2.45) is 0 Å². The molecule has 136 valence electrons. The molecule has 0 aliphatic carbocycles. The minimum atomic E-state index is 0.139. The Balaban J connectivity index is 1.55. The van der Waals surface area contributed by atoms with Crippen LogP contribution in [0.1, 0.15) is 43.0 Å². The van der Waals surface area contributed by atoms with Gasteiger partial charge >= 0.3 is 0 Å². The molecular weight excluding hydrogens is 346 g/mol. The molecule has 2 aromatic heterocycles. The van der Waals surface area contributed by atoms with Gasteiger partial charge in [-0.15, -0.1) is 11.3 Å². The van der Waals surface area contributed by atoms with Gasteiger partial charge < -0.3 is 9.64 Å². The highest BCUT2D eigenvalue weighted by Gasteiger charge is 2.27. The van der Waals surface area contributed by atoms with Crippen molar-refractivity contribution >= 4 is 22.2 Å². The molecule has 1 saturated heterocycles. The molecule has 1 atom stereocenters. The van der Waals surface area contributed by atoms with Crippen LogP contribution in [0.25, 0.3) is 4.96 Å². The van der Waals surface area contributed by atoms with E-state index in [2.05, 4.69) is 22.0 Å². The molecule has 0 radical (unpaired) electrons. The molecule has 3 aromatic rings. The maximum absolute atomic E-state index is 13.1. The Morgan fingerprint density at radius 3 is 2.88 bits per heavy atom. The van der Waals surface area contributed by atoms with Gasteiger partial charge in [0, 0.05) is 24.3 Å². The quantitative estimate of drug-likeness (QED) is 0.696. The highest BCUT2D eigenvalue weighted by molar-refractivity contribution is 7.15. The highest BCUT2D eigenvalue weighted by Crippen LogP contribution is 2.31. The average molecular weight is 369 g/mol. The Hall–Kier alpha value is -2.34. The van der Waals surface area contributed by atoms with Crippen molar-refractivity contribution in [3.8, 4) is 5.75 Å². The predicted molar refractivity (Wildman–Crippen MR) is 103 cm³/mol. The van der Waals surface area contributed by atoms with Crippen LogP contribution in [0.4, 0.5) is 0 Å². The number of fused-ring (bicyclic) bond motifs is 1. The second-order valence-corrected chi connectivity index (χ2v) is 7.60. The first-order valence-corrected chi connectivity index (χ1v) is 9.97. The molecule has 5 nitrogen and oxygen atoms in total. The van der Waals surface area contributed by atoms with E-state index < -0.39 is 0 Å². The van der Waals surface area contributed by atoms with Gasteiger partial charge in [0.25, 0.3) is 0 Å². The number of likely N-dealkylation sites (tertiary alicyclic amines) is 1. The number of thiazole rings is 1. The molecule has 0 saturated carbocycles.